The monoisotopic (exact) mass is 462 g/mol. The number of carbonyl (C=O) groups is 1. The maximum atomic E-state index is 14.1. The minimum Gasteiger partial charge on any atom is -0.466 e. The van der Waals surface area contributed by atoms with Gasteiger partial charge in [-0.25, -0.2) is 4.79 Å². The van der Waals surface area contributed by atoms with E-state index in [0.717, 1.165) is 25.7 Å². The molecule has 0 radical (unpaired) electrons. The lowest BCUT2D eigenvalue weighted by Gasteiger charge is -2.40. The van der Waals surface area contributed by atoms with Gasteiger partial charge >= 0.3 is 13.6 Å². The van der Waals surface area contributed by atoms with Crippen molar-refractivity contribution in [1.82, 2.24) is 5.32 Å². The number of hydrogen-bond acceptors (Lipinski definition) is 8. The Hall–Kier alpha value is -2.48. The Balaban J connectivity index is 1.85. The molecule has 0 amide bonds. The highest BCUT2D eigenvalue weighted by Crippen LogP contribution is 2.68. The SMILES string of the molecule is COC(=O)C1=C(C)NC(C)=C(P2(=O)OCC3(CCCC3)CO2)C1c1ccccc1[N+](=O)[O-]. The maximum Gasteiger partial charge on any atom is 0.360 e. The number of nitrogens with zero attached hydrogens (tertiary/aromatic N) is 1. The molecule has 32 heavy (non-hydrogen) atoms. The van der Waals surface area contributed by atoms with Crippen molar-refractivity contribution in [3.8, 4) is 0 Å². The molecular formula is C22H27N2O7P. The molecule has 1 aromatic rings. The van der Waals surface area contributed by atoms with Crippen LogP contribution in [0.25, 0.3) is 0 Å². The van der Waals surface area contributed by atoms with E-state index in [1.807, 2.05) is 0 Å². The summed E-state index contributed by atoms with van der Waals surface area (Å²) in [4.78, 5) is 24.1. The van der Waals surface area contributed by atoms with Gasteiger partial charge in [0.15, 0.2) is 0 Å². The van der Waals surface area contributed by atoms with Crippen molar-refractivity contribution in [2.75, 3.05) is 20.3 Å². The van der Waals surface area contributed by atoms with Gasteiger partial charge in [0.2, 0.25) is 0 Å². The molecular weight excluding hydrogens is 435 g/mol. The number of nitro benzene ring substituents is 1. The van der Waals surface area contributed by atoms with Gasteiger partial charge in [-0.1, -0.05) is 31.0 Å². The van der Waals surface area contributed by atoms with Crippen molar-refractivity contribution < 1.29 is 28.1 Å². The number of para-hydroxylation sites is 1. The second kappa shape index (κ2) is 8.46. The van der Waals surface area contributed by atoms with Crippen LogP contribution in [-0.4, -0.2) is 31.2 Å². The van der Waals surface area contributed by atoms with Gasteiger partial charge in [0.25, 0.3) is 5.69 Å². The molecule has 2 fully saturated rings. The summed E-state index contributed by atoms with van der Waals surface area (Å²) in [6.07, 6.45) is 4.05. The summed E-state index contributed by atoms with van der Waals surface area (Å²) in [6, 6.07) is 6.12. The molecule has 2 heterocycles. The Morgan fingerprint density at radius 2 is 1.81 bits per heavy atom. The van der Waals surface area contributed by atoms with Crippen molar-refractivity contribution >= 4 is 19.3 Å². The number of benzene rings is 1. The van der Waals surface area contributed by atoms with E-state index >= 15 is 0 Å². The molecule has 4 rings (SSSR count). The Morgan fingerprint density at radius 1 is 1.19 bits per heavy atom. The highest BCUT2D eigenvalue weighted by molar-refractivity contribution is 7.58. The van der Waals surface area contributed by atoms with Crippen LogP contribution in [0.4, 0.5) is 5.69 Å². The predicted octanol–water partition coefficient (Wildman–Crippen LogP) is 4.76. The molecule has 2 aliphatic heterocycles. The van der Waals surface area contributed by atoms with E-state index in [-0.39, 0.29) is 27.6 Å². The average molecular weight is 462 g/mol. The summed E-state index contributed by atoms with van der Waals surface area (Å²) in [5.74, 6) is -1.67. The fourth-order valence-corrected chi connectivity index (χ4v) is 7.29. The van der Waals surface area contributed by atoms with E-state index in [0.29, 0.717) is 24.6 Å². The van der Waals surface area contributed by atoms with E-state index in [1.54, 1.807) is 32.0 Å². The number of ether oxygens (including phenoxy) is 1. The molecule has 9 nitrogen and oxygen atoms in total. The predicted molar refractivity (Wildman–Crippen MR) is 117 cm³/mol. The fourth-order valence-electron chi connectivity index (χ4n) is 5.00. The van der Waals surface area contributed by atoms with Gasteiger partial charge in [-0.05, 0) is 26.7 Å². The number of carbonyl (C=O) groups excluding carboxylic acids is 1. The second-order valence-corrected chi connectivity index (χ2v) is 10.7. The van der Waals surface area contributed by atoms with E-state index in [4.69, 9.17) is 13.8 Å². The van der Waals surface area contributed by atoms with Gasteiger partial charge in [-0.15, -0.1) is 0 Å². The quantitative estimate of drug-likeness (QED) is 0.295. The zero-order chi connectivity index (χ0) is 23.1. The van der Waals surface area contributed by atoms with Crippen molar-refractivity contribution in [2.45, 2.75) is 45.4 Å². The Bertz CT molecular complexity index is 1060. The van der Waals surface area contributed by atoms with Crippen LogP contribution in [0.5, 0.6) is 0 Å². The topological polar surface area (TPSA) is 117 Å². The van der Waals surface area contributed by atoms with Crippen molar-refractivity contribution in [3.63, 3.8) is 0 Å². The lowest BCUT2D eigenvalue weighted by molar-refractivity contribution is -0.385. The highest BCUT2D eigenvalue weighted by Gasteiger charge is 2.51. The molecule has 172 valence electrons. The number of dihydropyridines is 1. The van der Waals surface area contributed by atoms with Gasteiger partial charge in [0.05, 0.1) is 42.1 Å². The number of allylic oxidation sites excluding steroid dienone is 3. The van der Waals surface area contributed by atoms with Gasteiger partial charge in [-0.2, -0.15) is 0 Å². The Morgan fingerprint density at radius 3 is 2.41 bits per heavy atom. The molecule has 3 aliphatic rings. The van der Waals surface area contributed by atoms with Gasteiger partial charge < -0.3 is 19.1 Å². The molecule has 0 aromatic heterocycles. The number of nitrogens with one attached hydrogen (secondary N) is 1. The molecule has 10 heteroatoms. The van der Waals surface area contributed by atoms with Crippen LogP contribution in [0.2, 0.25) is 0 Å². The van der Waals surface area contributed by atoms with Crippen LogP contribution in [0, 0.1) is 15.5 Å². The third-order valence-electron chi connectivity index (χ3n) is 6.62. The molecule has 1 unspecified atom stereocenters. The molecule has 1 aliphatic carbocycles. The van der Waals surface area contributed by atoms with Crippen LogP contribution in [0.1, 0.15) is 51.0 Å². The lowest BCUT2D eigenvalue weighted by Crippen LogP contribution is -2.35. The molecule has 1 N–H and O–H groups in total. The largest absolute Gasteiger partial charge is 0.466 e. The molecule has 1 aromatic carbocycles. The summed E-state index contributed by atoms with van der Waals surface area (Å²) < 4.78 is 31.0. The van der Waals surface area contributed by atoms with E-state index < -0.39 is 24.4 Å². The third kappa shape index (κ3) is 3.78. The van der Waals surface area contributed by atoms with Crippen molar-refractivity contribution in [1.29, 1.82) is 0 Å². The summed E-state index contributed by atoms with van der Waals surface area (Å²) >= 11 is 0. The van der Waals surface area contributed by atoms with E-state index in [2.05, 4.69) is 5.32 Å². The lowest BCUT2D eigenvalue weighted by atomic mass is 9.85. The third-order valence-corrected chi connectivity index (χ3v) is 8.74. The van der Waals surface area contributed by atoms with Gasteiger partial charge in [-0.3, -0.25) is 14.7 Å². The highest BCUT2D eigenvalue weighted by atomic mass is 31.2. The maximum absolute atomic E-state index is 14.1. The first kappa shape index (κ1) is 22.7. The summed E-state index contributed by atoms with van der Waals surface area (Å²) in [6.45, 7) is 3.98. The number of esters is 1. The van der Waals surface area contributed by atoms with E-state index in [9.17, 15) is 19.5 Å². The molecule has 1 saturated heterocycles. The van der Waals surface area contributed by atoms with Gasteiger partial charge in [0.1, 0.15) is 0 Å². The Labute approximate surface area is 186 Å². The second-order valence-electron chi connectivity index (χ2n) is 8.67. The smallest absolute Gasteiger partial charge is 0.360 e. The normalized spacial score (nSPS) is 24.4. The van der Waals surface area contributed by atoms with Crippen LogP contribution >= 0.6 is 7.60 Å². The van der Waals surface area contributed by atoms with Gasteiger partial charge in [0, 0.05) is 28.4 Å². The van der Waals surface area contributed by atoms with Crippen molar-refractivity contribution in [3.05, 3.63) is 62.2 Å². The molecule has 1 spiro atoms. The van der Waals surface area contributed by atoms with Crippen LogP contribution in [-0.2, 0) is 23.1 Å². The van der Waals surface area contributed by atoms with Crippen LogP contribution in [0.15, 0.2) is 46.5 Å². The summed E-state index contributed by atoms with van der Waals surface area (Å²) in [7, 11) is -2.62. The number of methoxy groups -OCH3 is 1. The van der Waals surface area contributed by atoms with Crippen LogP contribution in [0.3, 0.4) is 0 Å². The number of nitro groups is 1. The first-order chi connectivity index (χ1) is 15.2. The van der Waals surface area contributed by atoms with E-state index in [1.165, 1.54) is 13.2 Å². The fraction of sp³-hybridized carbons (Fsp3) is 0.500. The first-order valence-corrected chi connectivity index (χ1v) is 12.2. The molecule has 0 bridgehead atoms. The minimum absolute atomic E-state index is 0.143. The standard InChI is InChI=1S/C22H27N2O7P/c1-14-18(21(25)29-3)19(16-8-4-5-9-17(16)24(26)27)20(15(2)23-14)32(28)30-12-22(13-31-32)10-6-7-11-22/h4-5,8-9,19,23H,6-7,10-13H2,1-3H3. The zero-order valence-electron chi connectivity index (χ0n) is 18.4. The Kier molecular flexibility index (Phi) is 6.00. The summed E-state index contributed by atoms with van der Waals surface area (Å²) in [5.41, 5.74) is 1.01. The first-order valence-electron chi connectivity index (χ1n) is 10.6. The number of hydrogen-bond donors (Lipinski definition) is 1. The summed E-state index contributed by atoms with van der Waals surface area (Å²) in [5, 5.41) is 15.1. The van der Waals surface area contributed by atoms with Crippen LogP contribution < -0.4 is 5.32 Å². The molecule has 1 atom stereocenters. The zero-order valence-corrected chi connectivity index (χ0v) is 19.3. The van der Waals surface area contributed by atoms with Crippen molar-refractivity contribution in [2.24, 2.45) is 5.41 Å². The molecule has 1 saturated carbocycles. The average Bonchev–Trinajstić information content (AvgIpc) is 3.23. The number of rotatable bonds is 4. The minimum atomic E-state index is -3.86.